The summed E-state index contributed by atoms with van der Waals surface area (Å²) in [5.41, 5.74) is 0.184. The molecule has 0 aliphatic carbocycles. The molecule has 0 radical (unpaired) electrons. The third-order valence-corrected chi connectivity index (χ3v) is 7.02. The summed E-state index contributed by atoms with van der Waals surface area (Å²) >= 11 is 0. The second kappa shape index (κ2) is 7.14. The summed E-state index contributed by atoms with van der Waals surface area (Å²) in [7, 11) is -3.97. The van der Waals surface area contributed by atoms with E-state index in [4.69, 9.17) is 0 Å². The van der Waals surface area contributed by atoms with Crippen LogP contribution in [0.4, 0.5) is 11.9 Å². The van der Waals surface area contributed by atoms with E-state index in [9.17, 15) is 18.0 Å². The fourth-order valence-corrected chi connectivity index (χ4v) is 5.42. The van der Waals surface area contributed by atoms with Crippen molar-refractivity contribution >= 4 is 33.7 Å². The largest absolute Gasteiger partial charge is 0.340 e. The quantitative estimate of drug-likeness (QED) is 0.772. The molecule has 0 atom stereocenters. The van der Waals surface area contributed by atoms with E-state index in [1.165, 1.54) is 24.6 Å². The van der Waals surface area contributed by atoms with Crippen molar-refractivity contribution in [3.8, 4) is 0 Å². The van der Waals surface area contributed by atoms with Gasteiger partial charge in [0, 0.05) is 24.7 Å². The Bertz CT molecular complexity index is 1070. The lowest BCUT2D eigenvalue weighted by atomic mass is 10.1. The number of hydrogen-bond donors (Lipinski definition) is 2. The van der Waals surface area contributed by atoms with Crippen LogP contribution in [-0.4, -0.2) is 58.9 Å². The lowest BCUT2D eigenvalue weighted by Gasteiger charge is -2.24. The first-order valence-electron chi connectivity index (χ1n) is 9.50. The van der Waals surface area contributed by atoms with Crippen LogP contribution in [0.25, 0.3) is 0 Å². The molecule has 1 aromatic heterocycles. The number of aromatic amines is 1. The van der Waals surface area contributed by atoms with Crippen LogP contribution in [0.5, 0.6) is 0 Å². The predicted molar refractivity (Wildman–Crippen MR) is 105 cm³/mol. The van der Waals surface area contributed by atoms with Crippen LogP contribution >= 0.6 is 0 Å². The number of carbonyl (C=O) groups is 2. The summed E-state index contributed by atoms with van der Waals surface area (Å²) in [4.78, 5) is 31.2. The van der Waals surface area contributed by atoms with E-state index in [-0.39, 0.29) is 22.0 Å². The number of H-pyrrole nitrogens is 1. The Labute approximate surface area is 168 Å². The Kier molecular flexibility index (Phi) is 4.77. The Morgan fingerprint density at radius 3 is 2.62 bits per heavy atom. The van der Waals surface area contributed by atoms with Gasteiger partial charge in [-0.05, 0) is 51.3 Å². The maximum Gasteiger partial charge on any atom is 0.269 e. The van der Waals surface area contributed by atoms with Gasteiger partial charge in [0.25, 0.3) is 21.8 Å². The maximum absolute atomic E-state index is 12.7. The molecule has 11 heteroatoms. The Hall–Kier alpha value is -2.95. The van der Waals surface area contributed by atoms with Gasteiger partial charge in [0.15, 0.2) is 0 Å². The monoisotopic (exact) mass is 418 g/mol. The molecule has 0 unspecified atom stereocenters. The number of benzene rings is 1. The number of carbonyl (C=O) groups excluding carboxylic acids is 2. The van der Waals surface area contributed by atoms with Crippen LogP contribution < -0.4 is 10.2 Å². The molecule has 1 fully saturated rings. The molecule has 154 valence electrons. The van der Waals surface area contributed by atoms with Gasteiger partial charge in [-0.1, -0.05) is 0 Å². The molecule has 2 aliphatic heterocycles. The minimum atomic E-state index is -3.97. The van der Waals surface area contributed by atoms with Gasteiger partial charge in [0.2, 0.25) is 11.9 Å². The number of fused-ring (bicyclic) bond motifs is 1. The molecule has 0 spiro atoms. The van der Waals surface area contributed by atoms with Crippen LogP contribution in [0.2, 0.25) is 0 Å². The highest BCUT2D eigenvalue weighted by atomic mass is 32.2. The van der Waals surface area contributed by atoms with E-state index in [1.54, 1.807) is 13.8 Å². The van der Waals surface area contributed by atoms with E-state index in [0.717, 1.165) is 30.2 Å². The molecule has 2 N–H and O–H groups in total. The van der Waals surface area contributed by atoms with Crippen LogP contribution in [0.15, 0.2) is 23.1 Å². The SMILES string of the molecule is CC(C)N1C(=O)c2ccc(C(=O)Nc3nc(N4CCCCC4)n[nH]3)cc2S1(=O)=O. The Morgan fingerprint density at radius 2 is 1.93 bits per heavy atom. The van der Waals surface area contributed by atoms with Crippen LogP contribution in [-0.2, 0) is 10.0 Å². The second-order valence-electron chi connectivity index (χ2n) is 7.40. The van der Waals surface area contributed by atoms with Crippen molar-refractivity contribution in [3.05, 3.63) is 29.3 Å². The number of amides is 2. The highest BCUT2D eigenvalue weighted by Gasteiger charge is 2.43. The topological polar surface area (TPSA) is 128 Å². The third kappa shape index (κ3) is 3.35. The average molecular weight is 418 g/mol. The van der Waals surface area contributed by atoms with Gasteiger partial charge in [-0.25, -0.2) is 17.8 Å². The second-order valence-corrected chi connectivity index (χ2v) is 9.18. The molecule has 0 bridgehead atoms. The molecular weight excluding hydrogens is 396 g/mol. The fourth-order valence-electron chi connectivity index (χ4n) is 3.62. The standard InChI is InChI=1S/C18H22N6O4S/c1-11(2)24-16(26)13-7-6-12(10-14(13)29(24,27)28)15(25)19-17-20-18(22-21-17)23-8-4-3-5-9-23/h6-7,10-11H,3-5,8-9H2,1-2H3,(H2,19,20,21,22,25). The zero-order chi connectivity index (χ0) is 20.8. The van der Waals surface area contributed by atoms with Crippen molar-refractivity contribution in [1.82, 2.24) is 19.5 Å². The van der Waals surface area contributed by atoms with Gasteiger partial charge >= 0.3 is 0 Å². The molecular formula is C18H22N6O4S. The van der Waals surface area contributed by atoms with E-state index in [2.05, 4.69) is 20.5 Å². The summed E-state index contributed by atoms with van der Waals surface area (Å²) in [6, 6.07) is 3.50. The molecule has 3 heterocycles. The molecule has 0 saturated carbocycles. The summed E-state index contributed by atoms with van der Waals surface area (Å²) in [5.74, 6) is -0.420. The number of rotatable bonds is 4. The van der Waals surface area contributed by atoms with Gasteiger partial charge in [-0.15, -0.1) is 5.10 Å². The molecule has 4 rings (SSSR count). The first kappa shape index (κ1) is 19.4. The number of sulfonamides is 1. The van der Waals surface area contributed by atoms with Gasteiger partial charge in [-0.2, -0.15) is 4.98 Å². The lowest BCUT2D eigenvalue weighted by Crippen LogP contribution is -2.36. The molecule has 2 aliphatic rings. The number of anilines is 2. The molecule has 1 aromatic carbocycles. The van der Waals surface area contributed by atoms with Crippen molar-refractivity contribution in [1.29, 1.82) is 0 Å². The Balaban J connectivity index is 1.55. The molecule has 29 heavy (non-hydrogen) atoms. The van der Waals surface area contributed by atoms with Gasteiger partial charge < -0.3 is 4.90 Å². The van der Waals surface area contributed by atoms with Crippen molar-refractivity contribution in [3.63, 3.8) is 0 Å². The minimum Gasteiger partial charge on any atom is -0.340 e. The first-order chi connectivity index (χ1) is 13.8. The summed E-state index contributed by atoms with van der Waals surface area (Å²) in [6.07, 6.45) is 3.33. The highest BCUT2D eigenvalue weighted by molar-refractivity contribution is 7.90. The summed E-state index contributed by atoms with van der Waals surface area (Å²) < 4.78 is 26.2. The van der Waals surface area contributed by atoms with E-state index < -0.39 is 27.9 Å². The van der Waals surface area contributed by atoms with Crippen molar-refractivity contribution < 1.29 is 18.0 Å². The van der Waals surface area contributed by atoms with Gasteiger partial charge in [0.05, 0.1) is 5.56 Å². The highest BCUT2D eigenvalue weighted by Crippen LogP contribution is 2.32. The Morgan fingerprint density at radius 1 is 1.21 bits per heavy atom. The first-order valence-corrected chi connectivity index (χ1v) is 10.9. The smallest absolute Gasteiger partial charge is 0.269 e. The number of aromatic nitrogens is 3. The maximum atomic E-state index is 12.7. The van der Waals surface area contributed by atoms with Crippen molar-refractivity contribution in [2.45, 2.75) is 44.0 Å². The van der Waals surface area contributed by atoms with Gasteiger partial charge in [0.1, 0.15) is 4.90 Å². The number of nitrogens with one attached hydrogen (secondary N) is 2. The lowest BCUT2D eigenvalue weighted by molar-refractivity contribution is 0.0846. The van der Waals surface area contributed by atoms with Crippen molar-refractivity contribution in [2.24, 2.45) is 0 Å². The number of nitrogens with zero attached hydrogens (tertiary/aromatic N) is 4. The van der Waals surface area contributed by atoms with E-state index in [1.807, 2.05) is 4.90 Å². The summed E-state index contributed by atoms with van der Waals surface area (Å²) in [6.45, 7) is 4.99. The molecule has 10 nitrogen and oxygen atoms in total. The number of hydrogen-bond acceptors (Lipinski definition) is 7. The van der Waals surface area contributed by atoms with Gasteiger partial charge in [-0.3, -0.25) is 14.9 Å². The summed E-state index contributed by atoms with van der Waals surface area (Å²) in [5, 5.41) is 9.41. The van der Waals surface area contributed by atoms with Crippen LogP contribution in [0.1, 0.15) is 53.8 Å². The molecule has 1 saturated heterocycles. The zero-order valence-corrected chi connectivity index (χ0v) is 17.0. The third-order valence-electron chi connectivity index (χ3n) is 5.02. The average Bonchev–Trinajstić information content (AvgIpc) is 3.23. The minimum absolute atomic E-state index is 0.0716. The molecule has 2 amide bonds. The normalized spacial score (nSPS) is 18.2. The van der Waals surface area contributed by atoms with E-state index >= 15 is 0 Å². The van der Waals surface area contributed by atoms with Crippen LogP contribution in [0.3, 0.4) is 0 Å². The van der Waals surface area contributed by atoms with Crippen molar-refractivity contribution in [2.75, 3.05) is 23.3 Å². The van der Waals surface area contributed by atoms with E-state index in [0.29, 0.717) is 5.95 Å². The zero-order valence-electron chi connectivity index (χ0n) is 16.2. The van der Waals surface area contributed by atoms with Crippen LogP contribution in [0, 0.1) is 0 Å². The molecule has 2 aromatic rings. The number of piperidine rings is 1. The predicted octanol–water partition coefficient (Wildman–Crippen LogP) is 1.60. The fraction of sp³-hybridized carbons (Fsp3) is 0.444.